The van der Waals surface area contributed by atoms with Crippen molar-refractivity contribution in [3.63, 3.8) is 0 Å². The van der Waals surface area contributed by atoms with Gasteiger partial charge in [-0.3, -0.25) is 4.79 Å². The number of halogens is 1. The van der Waals surface area contributed by atoms with Gasteiger partial charge in [0.15, 0.2) is 0 Å². The standard InChI is InChI=1S/C17H25FN2O/c1-13-4-3-9-20(12-13)17(21)7-8-19-11-15-10-16(18)6-5-14(15)2/h5-6,10,13,19H,3-4,7-9,11-12H2,1-2H3/t13-/m1/s1. The van der Waals surface area contributed by atoms with E-state index in [4.69, 9.17) is 0 Å². The number of benzene rings is 1. The number of hydrogen-bond donors (Lipinski definition) is 1. The summed E-state index contributed by atoms with van der Waals surface area (Å²) in [6.45, 7) is 7.20. The Labute approximate surface area is 126 Å². The fraction of sp³-hybridized carbons (Fsp3) is 0.588. The molecule has 4 heteroatoms. The third kappa shape index (κ3) is 4.81. The Bertz CT molecular complexity index is 490. The molecule has 1 aliphatic rings. The molecule has 0 radical (unpaired) electrons. The van der Waals surface area contributed by atoms with Gasteiger partial charge in [-0.05, 0) is 48.9 Å². The number of aryl methyl sites for hydroxylation is 1. The van der Waals surface area contributed by atoms with Gasteiger partial charge in [-0.1, -0.05) is 13.0 Å². The Morgan fingerprint density at radius 2 is 2.29 bits per heavy atom. The first-order chi connectivity index (χ1) is 10.1. The summed E-state index contributed by atoms with van der Waals surface area (Å²) in [5.41, 5.74) is 2.02. The SMILES string of the molecule is Cc1ccc(F)cc1CNCCC(=O)N1CCC[C@@H](C)C1. The lowest BCUT2D eigenvalue weighted by molar-refractivity contribution is -0.132. The molecule has 1 fully saturated rings. The van der Waals surface area contributed by atoms with Crippen LogP contribution in [0.3, 0.4) is 0 Å². The van der Waals surface area contributed by atoms with E-state index in [1.807, 2.05) is 11.8 Å². The molecule has 0 bridgehead atoms. The first kappa shape index (κ1) is 16.0. The van der Waals surface area contributed by atoms with E-state index in [-0.39, 0.29) is 11.7 Å². The Kier molecular flexibility index (Phi) is 5.74. The molecular weight excluding hydrogens is 267 g/mol. The van der Waals surface area contributed by atoms with Crippen molar-refractivity contribution in [2.45, 2.75) is 39.7 Å². The second-order valence-electron chi connectivity index (χ2n) is 6.08. The second-order valence-corrected chi connectivity index (χ2v) is 6.08. The first-order valence-corrected chi connectivity index (χ1v) is 7.80. The van der Waals surface area contributed by atoms with Gasteiger partial charge in [0.05, 0.1) is 0 Å². The molecule has 1 aromatic rings. The molecule has 21 heavy (non-hydrogen) atoms. The topological polar surface area (TPSA) is 32.3 Å². The largest absolute Gasteiger partial charge is 0.342 e. The van der Waals surface area contributed by atoms with Crippen LogP contribution in [0.2, 0.25) is 0 Å². The van der Waals surface area contributed by atoms with Crippen molar-refractivity contribution in [2.75, 3.05) is 19.6 Å². The molecule has 0 spiro atoms. The molecule has 0 saturated carbocycles. The summed E-state index contributed by atoms with van der Waals surface area (Å²) in [6, 6.07) is 4.81. The van der Waals surface area contributed by atoms with Crippen molar-refractivity contribution < 1.29 is 9.18 Å². The molecule has 1 amide bonds. The van der Waals surface area contributed by atoms with Gasteiger partial charge in [0.25, 0.3) is 0 Å². The quantitative estimate of drug-likeness (QED) is 0.846. The van der Waals surface area contributed by atoms with Crippen LogP contribution in [0.5, 0.6) is 0 Å². The zero-order valence-corrected chi connectivity index (χ0v) is 13.0. The highest BCUT2D eigenvalue weighted by Gasteiger charge is 2.20. The van der Waals surface area contributed by atoms with Crippen molar-refractivity contribution in [3.8, 4) is 0 Å². The number of rotatable bonds is 5. The van der Waals surface area contributed by atoms with E-state index in [1.54, 1.807) is 12.1 Å². The van der Waals surface area contributed by atoms with Gasteiger partial charge in [-0.25, -0.2) is 4.39 Å². The van der Waals surface area contributed by atoms with Gasteiger partial charge in [-0.2, -0.15) is 0 Å². The molecule has 0 aromatic heterocycles. The fourth-order valence-corrected chi connectivity index (χ4v) is 2.82. The molecule has 1 atom stereocenters. The van der Waals surface area contributed by atoms with E-state index in [0.717, 1.165) is 30.6 Å². The normalized spacial score (nSPS) is 18.8. The first-order valence-electron chi connectivity index (χ1n) is 7.80. The van der Waals surface area contributed by atoms with Crippen LogP contribution in [0.15, 0.2) is 18.2 Å². The van der Waals surface area contributed by atoms with E-state index >= 15 is 0 Å². The number of hydrogen-bond acceptors (Lipinski definition) is 2. The number of piperidine rings is 1. The third-order valence-electron chi connectivity index (χ3n) is 4.15. The molecule has 3 nitrogen and oxygen atoms in total. The highest BCUT2D eigenvalue weighted by atomic mass is 19.1. The predicted octanol–water partition coefficient (Wildman–Crippen LogP) is 2.87. The van der Waals surface area contributed by atoms with Gasteiger partial charge < -0.3 is 10.2 Å². The van der Waals surface area contributed by atoms with E-state index in [9.17, 15) is 9.18 Å². The molecule has 0 unspecified atom stereocenters. The lowest BCUT2D eigenvalue weighted by atomic mass is 10.00. The van der Waals surface area contributed by atoms with Crippen LogP contribution in [0.4, 0.5) is 4.39 Å². The Hall–Kier alpha value is -1.42. The monoisotopic (exact) mass is 292 g/mol. The molecule has 0 aliphatic carbocycles. The smallest absolute Gasteiger partial charge is 0.223 e. The van der Waals surface area contributed by atoms with Crippen LogP contribution >= 0.6 is 0 Å². The van der Waals surface area contributed by atoms with Crippen molar-refractivity contribution in [1.29, 1.82) is 0 Å². The van der Waals surface area contributed by atoms with Gasteiger partial charge in [0.2, 0.25) is 5.91 Å². The molecule has 1 saturated heterocycles. The average Bonchev–Trinajstić information content (AvgIpc) is 2.46. The second kappa shape index (κ2) is 7.55. The highest BCUT2D eigenvalue weighted by molar-refractivity contribution is 5.76. The van der Waals surface area contributed by atoms with Crippen molar-refractivity contribution >= 4 is 5.91 Å². The number of nitrogens with zero attached hydrogens (tertiary/aromatic N) is 1. The Morgan fingerprint density at radius 1 is 1.48 bits per heavy atom. The summed E-state index contributed by atoms with van der Waals surface area (Å²) >= 11 is 0. The summed E-state index contributed by atoms with van der Waals surface area (Å²) in [5, 5.41) is 3.24. The summed E-state index contributed by atoms with van der Waals surface area (Å²) in [7, 11) is 0. The maximum Gasteiger partial charge on any atom is 0.223 e. The van der Waals surface area contributed by atoms with Gasteiger partial charge in [0.1, 0.15) is 5.82 Å². The predicted molar refractivity (Wildman–Crippen MR) is 82.4 cm³/mol. The van der Waals surface area contributed by atoms with E-state index in [2.05, 4.69) is 12.2 Å². The van der Waals surface area contributed by atoms with Crippen molar-refractivity contribution in [3.05, 3.63) is 35.1 Å². The average molecular weight is 292 g/mol. The minimum atomic E-state index is -0.212. The molecule has 1 aromatic carbocycles. The van der Waals surface area contributed by atoms with Gasteiger partial charge >= 0.3 is 0 Å². The lowest BCUT2D eigenvalue weighted by Crippen LogP contribution is -2.40. The van der Waals surface area contributed by atoms with Crippen LogP contribution in [0.25, 0.3) is 0 Å². The number of nitrogens with one attached hydrogen (secondary N) is 1. The van der Waals surface area contributed by atoms with E-state index in [0.29, 0.717) is 25.4 Å². The van der Waals surface area contributed by atoms with Crippen LogP contribution in [-0.2, 0) is 11.3 Å². The highest BCUT2D eigenvalue weighted by Crippen LogP contribution is 2.16. The van der Waals surface area contributed by atoms with Gasteiger partial charge in [-0.15, -0.1) is 0 Å². The molecule has 1 aliphatic heterocycles. The van der Waals surface area contributed by atoms with Crippen LogP contribution in [0, 0.1) is 18.7 Å². The minimum absolute atomic E-state index is 0.212. The number of amides is 1. The number of carbonyl (C=O) groups excluding carboxylic acids is 1. The lowest BCUT2D eigenvalue weighted by Gasteiger charge is -2.31. The number of likely N-dealkylation sites (tertiary alicyclic amines) is 1. The summed E-state index contributed by atoms with van der Waals surface area (Å²) < 4.78 is 13.2. The Morgan fingerprint density at radius 3 is 3.05 bits per heavy atom. The Balaban J connectivity index is 1.71. The van der Waals surface area contributed by atoms with Crippen LogP contribution in [0.1, 0.15) is 37.3 Å². The zero-order chi connectivity index (χ0) is 15.2. The maximum atomic E-state index is 13.2. The number of carbonyl (C=O) groups is 1. The molecule has 116 valence electrons. The summed E-state index contributed by atoms with van der Waals surface area (Å²) in [5.74, 6) is 0.631. The molecule has 2 rings (SSSR count). The summed E-state index contributed by atoms with van der Waals surface area (Å²) in [6.07, 6.45) is 2.85. The molecular formula is C17H25FN2O. The van der Waals surface area contributed by atoms with E-state index in [1.165, 1.54) is 12.5 Å². The minimum Gasteiger partial charge on any atom is -0.342 e. The maximum absolute atomic E-state index is 13.2. The fourth-order valence-electron chi connectivity index (χ4n) is 2.82. The zero-order valence-electron chi connectivity index (χ0n) is 13.0. The summed E-state index contributed by atoms with van der Waals surface area (Å²) in [4.78, 5) is 14.1. The third-order valence-corrected chi connectivity index (χ3v) is 4.15. The van der Waals surface area contributed by atoms with Crippen molar-refractivity contribution in [2.24, 2.45) is 5.92 Å². The van der Waals surface area contributed by atoms with Gasteiger partial charge in [0, 0.05) is 32.6 Å². The van der Waals surface area contributed by atoms with Crippen molar-refractivity contribution in [1.82, 2.24) is 10.2 Å². The van der Waals surface area contributed by atoms with E-state index < -0.39 is 0 Å². The molecule has 1 heterocycles. The van der Waals surface area contributed by atoms with Crippen LogP contribution in [-0.4, -0.2) is 30.4 Å². The molecule has 1 N–H and O–H groups in total. The van der Waals surface area contributed by atoms with Crippen LogP contribution < -0.4 is 5.32 Å².